The second kappa shape index (κ2) is 6.83. The Morgan fingerprint density at radius 2 is 2.00 bits per heavy atom. The molecule has 1 aromatic carbocycles. The number of H-pyrrole nitrogens is 1. The molecule has 0 saturated carbocycles. The summed E-state index contributed by atoms with van der Waals surface area (Å²) in [5.74, 6) is 0. The molecule has 0 aliphatic carbocycles. The number of rotatable bonds is 4. The van der Waals surface area contributed by atoms with Gasteiger partial charge in [-0.1, -0.05) is 0 Å². The molecule has 9 nitrogen and oxygen atoms in total. The van der Waals surface area contributed by atoms with Crippen LogP contribution in [-0.2, 0) is 9.53 Å². The van der Waals surface area contributed by atoms with Crippen LogP contribution in [0.5, 0.6) is 0 Å². The van der Waals surface area contributed by atoms with Gasteiger partial charge in [0.25, 0.3) is 17.8 Å². The second-order valence-electron chi connectivity index (χ2n) is 3.47. The Hall–Kier alpha value is -2.97. The molecule has 0 saturated heterocycles. The van der Waals surface area contributed by atoms with Gasteiger partial charge in [-0.25, -0.2) is 0 Å². The summed E-state index contributed by atoms with van der Waals surface area (Å²) in [6.07, 6.45) is 1.22. The van der Waals surface area contributed by atoms with Gasteiger partial charge in [0.2, 0.25) is 0 Å². The van der Waals surface area contributed by atoms with Crippen molar-refractivity contribution in [2.24, 2.45) is 0 Å². The summed E-state index contributed by atoms with van der Waals surface area (Å²) in [5.41, 5.74) is 0.186. The van der Waals surface area contributed by atoms with Gasteiger partial charge in [0.05, 0.1) is 33.6 Å². The van der Waals surface area contributed by atoms with Crippen molar-refractivity contribution < 1.29 is 19.4 Å². The highest BCUT2D eigenvalue weighted by molar-refractivity contribution is 5.90. The molecular weight excluding hydrogens is 270 g/mol. The SMILES string of the molecule is CCOC=O.O=[N+]([O-])c1ccc2[nH]cc([N+](=O)[O-])c2c1. The van der Waals surface area contributed by atoms with Crippen molar-refractivity contribution >= 4 is 28.7 Å². The number of carbonyl (C=O) groups excluding carboxylic acids is 1. The Kier molecular flexibility index (Phi) is 5.15. The predicted molar refractivity (Wildman–Crippen MR) is 69.3 cm³/mol. The van der Waals surface area contributed by atoms with Crippen LogP contribution in [0, 0.1) is 20.2 Å². The van der Waals surface area contributed by atoms with Crippen LogP contribution in [0.15, 0.2) is 24.4 Å². The average Bonchev–Trinajstić information content (AvgIpc) is 2.83. The van der Waals surface area contributed by atoms with Gasteiger partial charge in [0.1, 0.15) is 0 Å². The fraction of sp³-hybridized carbons (Fsp3) is 0.182. The average molecular weight is 281 g/mol. The van der Waals surface area contributed by atoms with Crippen LogP contribution in [0.1, 0.15) is 6.92 Å². The van der Waals surface area contributed by atoms with Gasteiger partial charge in [-0.3, -0.25) is 25.0 Å². The van der Waals surface area contributed by atoms with Crippen LogP contribution < -0.4 is 0 Å². The van der Waals surface area contributed by atoms with Crippen molar-refractivity contribution in [3.05, 3.63) is 44.6 Å². The molecule has 2 rings (SSSR count). The lowest BCUT2D eigenvalue weighted by Crippen LogP contribution is -1.88. The van der Waals surface area contributed by atoms with E-state index in [0.29, 0.717) is 18.6 Å². The van der Waals surface area contributed by atoms with E-state index < -0.39 is 9.85 Å². The molecule has 1 aromatic heterocycles. The van der Waals surface area contributed by atoms with E-state index >= 15 is 0 Å². The van der Waals surface area contributed by atoms with E-state index in [1.54, 1.807) is 6.92 Å². The number of hydrogen-bond donors (Lipinski definition) is 1. The number of nitro benzene ring substituents is 1. The van der Waals surface area contributed by atoms with E-state index in [4.69, 9.17) is 0 Å². The second-order valence-corrected chi connectivity index (χ2v) is 3.47. The normalized spacial score (nSPS) is 9.45. The maximum atomic E-state index is 10.6. The zero-order chi connectivity index (χ0) is 15.1. The molecule has 2 aromatic rings. The predicted octanol–water partition coefficient (Wildman–Crippen LogP) is 2.16. The summed E-state index contributed by atoms with van der Waals surface area (Å²) in [5, 5.41) is 21.3. The van der Waals surface area contributed by atoms with Crippen molar-refractivity contribution in [2.45, 2.75) is 6.92 Å². The molecule has 0 spiro atoms. The first-order valence-corrected chi connectivity index (χ1v) is 5.46. The zero-order valence-corrected chi connectivity index (χ0v) is 10.4. The maximum absolute atomic E-state index is 10.6. The summed E-state index contributed by atoms with van der Waals surface area (Å²) in [6.45, 7) is 2.66. The van der Waals surface area contributed by atoms with Crippen molar-refractivity contribution in [1.82, 2.24) is 4.98 Å². The summed E-state index contributed by atoms with van der Waals surface area (Å²) in [4.78, 5) is 31.7. The van der Waals surface area contributed by atoms with E-state index in [9.17, 15) is 25.0 Å². The van der Waals surface area contributed by atoms with Crippen molar-refractivity contribution in [3.8, 4) is 0 Å². The third kappa shape index (κ3) is 3.51. The van der Waals surface area contributed by atoms with Crippen LogP contribution in [0.2, 0.25) is 0 Å². The van der Waals surface area contributed by atoms with Crippen LogP contribution in [-0.4, -0.2) is 27.9 Å². The van der Waals surface area contributed by atoms with E-state index in [2.05, 4.69) is 9.72 Å². The number of aromatic amines is 1. The van der Waals surface area contributed by atoms with Crippen LogP contribution in [0.25, 0.3) is 10.9 Å². The van der Waals surface area contributed by atoms with Gasteiger partial charge < -0.3 is 9.72 Å². The van der Waals surface area contributed by atoms with Gasteiger partial charge in [-0.05, 0) is 13.0 Å². The minimum absolute atomic E-state index is 0.159. The molecule has 1 N–H and O–H groups in total. The number of fused-ring (bicyclic) bond motifs is 1. The highest BCUT2D eigenvalue weighted by Gasteiger charge is 2.16. The number of carbonyl (C=O) groups is 1. The van der Waals surface area contributed by atoms with Crippen molar-refractivity contribution in [3.63, 3.8) is 0 Å². The first-order chi connectivity index (χ1) is 9.51. The number of ether oxygens (including phenoxy) is 1. The number of benzene rings is 1. The minimum atomic E-state index is -0.587. The molecule has 0 unspecified atom stereocenters. The quantitative estimate of drug-likeness (QED) is 0.519. The monoisotopic (exact) mass is 281 g/mol. The Morgan fingerprint density at radius 1 is 1.30 bits per heavy atom. The van der Waals surface area contributed by atoms with Crippen LogP contribution in [0.4, 0.5) is 11.4 Å². The lowest BCUT2D eigenvalue weighted by molar-refractivity contribution is -0.385. The number of non-ortho nitro benzene ring substituents is 1. The summed E-state index contributed by atoms with van der Waals surface area (Å²) in [7, 11) is 0. The summed E-state index contributed by atoms with van der Waals surface area (Å²) >= 11 is 0. The van der Waals surface area contributed by atoms with Gasteiger partial charge in [-0.15, -0.1) is 0 Å². The molecule has 0 aliphatic rings. The highest BCUT2D eigenvalue weighted by Crippen LogP contribution is 2.28. The summed E-state index contributed by atoms with van der Waals surface area (Å²) in [6, 6.07) is 3.92. The van der Waals surface area contributed by atoms with E-state index in [0.717, 1.165) is 0 Å². The first kappa shape index (κ1) is 15.1. The molecule has 0 amide bonds. The molecule has 1 heterocycles. The largest absolute Gasteiger partial charge is 0.468 e. The van der Waals surface area contributed by atoms with Crippen molar-refractivity contribution in [1.29, 1.82) is 0 Å². The number of nitrogens with zero attached hydrogens (tertiary/aromatic N) is 2. The molecular formula is C11H11N3O6. The molecule has 106 valence electrons. The smallest absolute Gasteiger partial charge is 0.294 e. The standard InChI is InChI=1S/C8H5N3O4.C3H6O2/c12-10(13)5-1-2-7-6(3-5)8(4-9-7)11(14)15;1-2-5-3-4/h1-4,9H;3H,2H2,1H3. The third-order valence-corrected chi connectivity index (χ3v) is 2.29. The lowest BCUT2D eigenvalue weighted by Gasteiger charge is -1.91. The third-order valence-electron chi connectivity index (χ3n) is 2.29. The molecule has 9 heteroatoms. The topological polar surface area (TPSA) is 128 Å². The molecule has 0 aliphatic heterocycles. The lowest BCUT2D eigenvalue weighted by atomic mass is 10.2. The van der Waals surface area contributed by atoms with E-state index in [-0.39, 0.29) is 16.8 Å². The number of hydrogen-bond acceptors (Lipinski definition) is 6. The fourth-order valence-corrected chi connectivity index (χ4v) is 1.43. The van der Waals surface area contributed by atoms with Crippen LogP contribution >= 0.6 is 0 Å². The van der Waals surface area contributed by atoms with Gasteiger partial charge in [-0.2, -0.15) is 0 Å². The highest BCUT2D eigenvalue weighted by atomic mass is 16.6. The number of nitrogens with one attached hydrogen (secondary N) is 1. The zero-order valence-electron chi connectivity index (χ0n) is 10.4. The van der Waals surface area contributed by atoms with Crippen LogP contribution in [0.3, 0.4) is 0 Å². The van der Waals surface area contributed by atoms with Gasteiger partial charge in [0.15, 0.2) is 0 Å². The molecule has 0 fully saturated rings. The van der Waals surface area contributed by atoms with Gasteiger partial charge >= 0.3 is 0 Å². The number of aromatic nitrogens is 1. The van der Waals surface area contributed by atoms with Crippen molar-refractivity contribution in [2.75, 3.05) is 6.61 Å². The number of nitro groups is 2. The Bertz CT molecular complexity index is 636. The molecule has 0 radical (unpaired) electrons. The maximum Gasteiger partial charge on any atom is 0.294 e. The fourth-order valence-electron chi connectivity index (χ4n) is 1.43. The minimum Gasteiger partial charge on any atom is -0.468 e. The molecule has 20 heavy (non-hydrogen) atoms. The van der Waals surface area contributed by atoms with E-state index in [1.165, 1.54) is 24.4 Å². The summed E-state index contributed by atoms with van der Waals surface area (Å²) < 4.78 is 4.15. The first-order valence-electron chi connectivity index (χ1n) is 5.46. The van der Waals surface area contributed by atoms with Gasteiger partial charge in [0, 0.05) is 12.1 Å². The Labute approximate surface area is 112 Å². The molecule has 0 bridgehead atoms. The Balaban J connectivity index is 0.000000347. The molecule has 0 atom stereocenters. The van der Waals surface area contributed by atoms with E-state index in [1.807, 2.05) is 0 Å². The Morgan fingerprint density at radius 3 is 2.45 bits per heavy atom.